The van der Waals surface area contributed by atoms with E-state index in [1.807, 2.05) is 13.0 Å². The predicted molar refractivity (Wildman–Crippen MR) is 185 cm³/mol. The lowest BCUT2D eigenvalue weighted by molar-refractivity contribution is 0.104. The fourth-order valence-corrected chi connectivity index (χ4v) is 10.7. The van der Waals surface area contributed by atoms with Crippen LogP contribution in [0.3, 0.4) is 0 Å². The van der Waals surface area contributed by atoms with Gasteiger partial charge in [0.25, 0.3) is 0 Å². The first kappa shape index (κ1) is 30.3. The van der Waals surface area contributed by atoms with Crippen molar-refractivity contribution in [3.63, 3.8) is 0 Å². The Kier molecular flexibility index (Phi) is 6.19. The molecule has 1 spiro atoms. The number of rotatable bonds is 4. The number of hydrogen-bond donors (Lipinski definition) is 2. The predicted octanol–water partition coefficient (Wildman–Crippen LogP) is 6.93. The second kappa shape index (κ2) is 10.4. The molecule has 3 unspecified atom stereocenters. The van der Waals surface area contributed by atoms with Crippen molar-refractivity contribution in [1.82, 2.24) is 20.2 Å². The zero-order valence-electron chi connectivity index (χ0n) is 28.3. The summed E-state index contributed by atoms with van der Waals surface area (Å²) in [6.07, 6.45) is 5.70. The van der Waals surface area contributed by atoms with Crippen LogP contribution in [0.5, 0.6) is 17.5 Å². The van der Waals surface area contributed by atoms with Crippen LogP contribution in [0.4, 0.5) is 19.0 Å². The van der Waals surface area contributed by atoms with Crippen molar-refractivity contribution >= 4 is 38.5 Å². The van der Waals surface area contributed by atoms with Crippen LogP contribution in [-0.2, 0) is 0 Å². The largest absolute Gasteiger partial charge is 0.508 e. The van der Waals surface area contributed by atoms with E-state index >= 15 is 8.78 Å². The molecule has 4 saturated heterocycles. The molecule has 5 atom stereocenters. The zero-order valence-corrected chi connectivity index (χ0v) is 28.3. The molecule has 6 aliphatic rings. The number of phenolic OH excluding ortho intramolecular Hbond substituents is 1. The molecule has 1 saturated carbocycles. The summed E-state index contributed by atoms with van der Waals surface area (Å²) >= 11 is 0. The van der Waals surface area contributed by atoms with E-state index in [1.54, 1.807) is 18.2 Å². The van der Waals surface area contributed by atoms with Gasteiger partial charge in [0.2, 0.25) is 0 Å². The summed E-state index contributed by atoms with van der Waals surface area (Å²) in [4.78, 5) is 14.0. The number of aromatic nitrogens is 2. The van der Waals surface area contributed by atoms with E-state index < -0.39 is 23.3 Å². The number of alkyl halides is 1. The van der Waals surface area contributed by atoms with Gasteiger partial charge in [0, 0.05) is 54.5 Å². The van der Waals surface area contributed by atoms with Gasteiger partial charge >= 0.3 is 6.01 Å². The summed E-state index contributed by atoms with van der Waals surface area (Å²) in [5, 5.41) is 16.5. The maximum Gasteiger partial charge on any atom is 0.319 e. The highest BCUT2D eigenvalue weighted by Crippen LogP contribution is 2.57. The summed E-state index contributed by atoms with van der Waals surface area (Å²) in [5.74, 6) is -1.01. The number of aryl methyl sites for hydroxylation is 1. The van der Waals surface area contributed by atoms with Crippen LogP contribution >= 0.6 is 0 Å². The van der Waals surface area contributed by atoms with Crippen molar-refractivity contribution in [3.05, 3.63) is 47.7 Å². The fraction of sp³-hybridized carbons (Fsp3) is 0.487. The maximum atomic E-state index is 17.4. The van der Waals surface area contributed by atoms with Gasteiger partial charge in [0.15, 0.2) is 17.4 Å². The minimum atomic E-state index is -0.935. The Balaban J connectivity index is 1.11. The highest BCUT2D eigenvalue weighted by molar-refractivity contribution is 6.15. The first-order valence-corrected chi connectivity index (χ1v) is 18.2. The highest BCUT2D eigenvalue weighted by atomic mass is 19.1. The SMILES string of the molecule is Cc1cc2c(ccc3cc(O)cc(-c4c(F)c5c6c(nc(OC[C@]78C[C@@H](F)CN7CC7(CCC7)C8)nc6c4F)N4CC6CCC(N6)C4CO5)c32)o1. The molecule has 2 N–H and O–H groups in total. The average Bonchev–Trinajstić information content (AvgIpc) is 3.80. The Morgan fingerprint density at radius 2 is 1.96 bits per heavy atom. The van der Waals surface area contributed by atoms with Crippen LogP contribution in [0.25, 0.3) is 43.8 Å². The number of furan rings is 1. The Labute approximate surface area is 291 Å². The van der Waals surface area contributed by atoms with Crippen LogP contribution in [-0.4, -0.2) is 82.7 Å². The van der Waals surface area contributed by atoms with Gasteiger partial charge in [-0.1, -0.05) is 12.5 Å². The summed E-state index contributed by atoms with van der Waals surface area (Å²) in [6, 6.07) is 8.44. The number of hydrogen-bond acceptors (Lipinski definition) is 9. The van der Waals surface area contributed by atoms with Gasteiger partial charge in [-0.25, -0.2) is 13.2 Å². The summed E-state index contributed by atoms with van der Waals surface area (Å²) in [5.41, 5.74) is -0.0231. The molecule has 2 bridgehead atoms. The van der Waals surface area contributed by atoms with Crippen molar-refractivity contribution in [2.75, 3.05) is 37.7 Å². The molecule has 0 amide bonds. The number of aromatic hydroxyl groups is 1. The number of anilines is 1. The lowest BCUT2D eigenvalue weighted by Gasteiger charge is -2.40. The molecule has 9 nitrogen and oxygen atoms in total. The van der Waals surface area contributed by atoms with Crippen molar-refractivity contribution in [2.24, 2.45) is 5.41 Å². The van der Waals surface area contributed by atoms with Crippen LogP contribution in [0.1, 0.15) is 50.7 Å². The van der Waals surface area contributed by atoms with Gasteiger partial charge < -0.3 is 29.2 Å². The third-order valence-electron chi connectivity index (χ3n) is 13.0. The van der Waals surface area contributed by atoms with Gasteiger partial charge in [0.05, 0.1) is 22.5 Å². The Morgan fingerprint density at radius 3 is 2.80 bits per heavy atom. The van der Waals surface area contributed by atoms with Crippen molar-refractivity contribution < 1.29 is 32.2 Å². The van der Waals surface area contributed by atoms with Crippen molar-refractivity contribution in [2.45, 2.75) is 81.7 Å². The summed E-state index contributed by atoms with van der Waals surface area (Å²) in [6.45, 7) is 4.02. The molecule has 2 aromatic heterocycles. The second-order valence-electron chi connectivity index (χ2n) is 16.1. The first-order chi connectivity index (χ1) is 24.7. The Bertz CT molecular complexity index is 2310. The molecule has 5 fully saturated rings. The van der Waals surface area contributed by atoms with Gasteiger partial charge in [-0.15, -0.1) is 0 Å². The molecule has 5 aliphatic heterocycles. The summed E-state index contributed by atoms with van der Waals surface area (Å²) in [7, 11) is 0. The van der Waals surface area contributed by atoms with Crippen LogP contribution < -0.4 is 19.7 Å². The van der Waals surface area contributed by atoms with Gasteiger partial charge in [-0.05, 0) is 74.1 Å². The van der Waals surface area contributed by atoms with Gasteiger partial charge in [-0.2, -0.15) is 9.97 Å². The van der Waals surface area contributed by atoms with Gasteiger partial charge in [0.1, 0.15) is 47.8 Å². The molecule has 12 heteroatoms. The number of benzene rings is 3. The third-order valence-corrected chi connectivity index (χ3v) is 13.0. The number of fused-ring (bicyclic) bond motifs is 9. The second-order valence-corrected chi connectivity index (χ2v) is 16.1. The quantitative estimate of drug-likeness (QED) is 0.208. The number of nitrogens with zero attached hydrogens (tertiary/aromatic N) is 4. The fourth-order valence-electron chi connectivity index (χ4n) is 10.7. The lowest BCUT2D eigenvalue weighted by atomic mass is 9.65. The normalized spacial score (nSPS) is 29.1. The standard InChI is InChI=1S/C39H38F3N5O4/c1-19-9-24-28(51-19)6-3-20-10-23(48)11-25(29(20)24)30-32(41)34-31-35(33(30)42)49-15-27-26-5-4-22(43-26)14-47(27)36(31)45-37(44-34)50-18-39-12-21(40)13-46(39)17-38(16-39)7-2-8-38/h3,6,9-11,21-22,26-27,43,48H,2,4-5,7-8,12-18H2,1H3/t21-,22?,26?,27?,39-/m1/s1. The topological polar surface area (TPSA) is 96.1 Å². The monoisotopic (exact) mass is 697 g/mol. The number of halogens is 3. The molecular weight excluding hydrogens is 659 g/mol. The summed E-state index contributed by atoms with van der Waals surface area (Å²) < 4.78 is 68.3. The molecule has 51 heavy (non-hydrogen) atoms. The smallest absolute Gasteiger partial charge is 0.319 e. The molecule has 11 rings (SSSR count). The molecule has 264 valence electrons. The first-order valence-electron chi connectivity index (χ1n) is 18.2. The third kappa shape index (κ3) is 4.29. The van der Waals surface area contributed by atoms with E-state index in [9.17, 15) is 9.50 Å². The van der Waals surface area contributed by atoms with Crippen LogP contribution in [0, 0.1) is 24.0 Å². The molecule has 7 heterocycles. The molecule has 1 aliphatic carbocycles. The van der Waals surface area contributed by atoms with E-state index in [0.29, 0.717) is 52.8 Å². The molecule has 5 aromatic rings. The van der Waals surface area contributed by atoms with Gasteiger partial charge in [-0.3, -0.25) is 4.90 Å². The van der Waals surface area contributed by atoms with E-state index in [0.717, 1.165) is 38.6 Å². The Morgan fingerprint density at radius 1 is 1.08 bits per heavy atom. The number of piperazine rings is 1. The van der Waals surface area contributed by atoms with Crippen molar-refractivity contribution in [1.29, 1.82) is 0 Å². The van der Waals surface area contributed by atoms with E-state index in [2.05, 4.69) is 20.1 Å². The zero-order chi connectivity index (χ0) is 34.4. The Hall–Kier alpha value is -4.29. The number of phenols is 1. The van der Waals surface area contributed by atoms with Crippen LogP contribution in [0.15, 0.2) is 34.7 Å². The molecule has 0 radical (unpaired) electrons. The molecule has 3 aromatic carbocycles. The van der Waals surface area contributed by atoms with E-state index in [1.165, 1.54) is 12.5 Å². The number of ether oxygens (including phenoxy) is 2. The van der Waals surface area contributed by atoms with Crippen LogP contribution in [0.2, 0.25) is 0 Å². The minimum Gasteiger partial charge on any atom is -0.508 e. The minimum absolute atomic E-state index is 0.0220. The highest BCUT2D eigenvalue weighted by Gasteiger charge is 2.60. The average molecular weight is 698 g/mol. The van der Waals surface area contributed by atoms with Crippen molar-refractivity contribution in [3.8, 4) is 28.6 Å². The maximum absolute atomic E-state index is 17.4. The number of nitrogens with one attached hydrogen (secondary N) is 1. The van der Waals surface area contributed by atoms with E-state index in [4.69, 9.17) is 18.9 Å². The lowest BCUT2D eigenvalue weighted by Crippen LogP contribution is -2.60. The molecular formula is C39H38F3N5O4. The van der Waals surface area contributed by atoms with E-state index in [-0.39, 0.29) is 76.3 Å².